The molecule has 1 aromatic rings. The fourth-order valence-corrected chi connectivity index (χ4v) is 2.74. The normalized spacial score (nSPS) is 17.9. The van der Waals surface area contributed by atoms with Gasteiger partial charge in [0.1, 0.15) is 11.4 Å². The minimum atomic E-state index is -0.443. The largest absolute Gasteiger partial charge is 0.487 e. The Morgan fingerprint density at radius 2 is 2.20 bits per heavy atom. The third-order valence-corrected chi connectivity index (χ3v) is 3.46. The Bertz CT molecular complexity index is 459. The molecule has 0 bridgehead atoms. The molecule has 1 atom stereocenters. The predicted octanol–water partition coefficient (Wildman–Crippen LogP) is 1.84. The van der Waals surface area contributed by atoms with Gasteiger partial charge in [-0.2, -0.15) is 0 Å². The number of hydrogen-bond donors (Lipinski definition) is 1. The van der Waals surface area contributed by atoms with Crippen molar-refractivity contribution in [2.45, 2.75) is 38.5 Å². The second-order valence-electron chi connectivity index (χ2n) is 6.29. The van der Waals surface area contributed by atoms with E-state index in [1.807, 2.05) is 7.05 Å². The monoisotopic (exact) mass is 279 g/mol. The minimum absolute atomic E-state index is 0.0957. The lowest BCUT2D eigenvalue weighted by molar-refractivity contribution is 0.0419. The lowest BCUT2D eigenvalue weighted by atomic mass is 10.00. The second-order valence-corrected chi connectivity index (χ2v) is 6.29. The number of methoxy groups -OCH3 is 1. The molecule has 112 valence electrons. The Hall–Kier alpha value is -1.10. The summed E-state index contributed by atoms with van der Waals surface area (Å²) in [4.78, 5) is 2.10. The van der Waals surface area contributed by atoms with Gasteiger partial charge in [-0.05, 0) is 38.1 Å². The zero-order valence-corrected chi connectivity index (χ0v) is 12.8. The quantitative estimate of drug-likeness (QED) is 0.863. The van der Waals surface area contributed by atoms with Crippen LogP contribution in [0, 0.1) is 0 Å². The van der Waals surface area contributed by atoms with Gasteiger partial charge in [0, 0.05) is 26.6 Å². The van der Waals surface area contributed by atoms with E-state index in [1.165, 1.54) is 11.1 Å². The Labute approximate surface area is 121 Å². The summed E-state index contributed by atoms with van der Waals surface area (Å²) in [5.74, 6) is 1.00. The van der Waals surface area contributed by atoms with Crippen LogP contribution >= 0.6 is 0 Å². The number of likely N-dealkylation sites (N-methyl/N-ethyl adjacent to an activating group) is 1. The van der Waals surface area contributed by atoms with Crippen LogP contribution in [0.3, 0.4) is 0 Å². The maximum Gasteiger partial charge on any atom is 0.123 e. The van der Waals surface area contributed by atoms with E-state index < -0.39 is 6.10 Å². The zero-order chi connectivity index (χ0) is 14.8. The summed E-state index contributed by atoms with van der Waals surface area (Å²) < 4.78 is 10.8. The molecule has 4 heteroatoms. The smallest absolute Gasteiger partial charge is 0.123 e. The van der Waals surface area contributed by atoms with Crippen molar-refractivity contribution < 1.29 is 14.6 Å². The molecule has 1 heterocycles. The summed E-state index contributed by atoms with van der Waals surface area (Å²) in [6.45, 7) is 6.01. The maximum absolute atomic E-state index is 9.73. The van der Waals surface area contributed by atoms with Crippen molar-refractivity contribution in [3.8, 4) is 5.75 Å². The van der Waals surface area contributed by atoms with E-state index in [4.69, 9.17) is 9.47 Å². The first kappa shape index (κ1) is 15.3. The van der Waals surface area contributed by atoms with Crippen LogP contribution in [-0.4, -0.2) is 49.0 Å². The molecule has 0 aromatic heterocycles. The highest BCUT2D eigenvalue weighted by atomic mass is 16.5. The van der Waals surface area contributed by atoms with E-state index in [0.29, 0.717) is 13.2 Å². The first-order valence-electron chi connectivity index (χ1n) is 7.06. The Morgan fingerprint density at radius 3 is 2.90 bits per heavy atom. The molecule has 0 saturated carbocycles. The standard InChI is InChI=1S/C16H25NO3/c1-16(2)8-13-7-12(5-6-15(13)20-16)9-17(3)10-14(18)11-19-4/h5-7,14,18H,8-11H2,1-4H3. The zero-order valence-electron chi connectivity index (χ0n) is 12.8. The van der Waals surface area contributed by atoms with E-state index in [-0.39, 0.29) is 5.60 Å². The third-order valence-electron chi connectivity index (χ3n) is 3.46. The molecule has 0 saturated heterocycles. The second kappa shape index (κ2) is 6.12. The van der Waals surface area contributed by atoms with E-state index in [0.717, 1.165) is 18.7 Å². The Kier molecular flexibility index (Phi) is 4.68. The molecule has 1 aliphatic rings. The van der Waals surface area contributed by atoms with Crippen molar-refractivity contribution in [2.75, 3.05) is 27.3 Å². The summed E-state index contributed by atoms with van der Waals surface area (Å²) >= 11 is 0. The first-order chi connectivity index (χ1) is 9.39. The number of fused-ring (bicyclic) bond motifs is 1. The molecule has 0 fully saturated rings. The highest BCUT2D eigenvalue weighted by molar-refractivity contribution is 5.41. The van der Waals surface area contributed by atoms with Gasteiger partial charge in [-0.25, -0.2) is 0 Å². The van der Waals surface area contributed by atoms with Crippen molar-refractivity contribution in [3.05, 3.63) is 29.3 Å². The summed E-state index contributed by atoms with van der Waals surface area (Å²) in [6.07, 6.45) is 0.508. The van der Waals surface area contributed by atoms with E-state index >= 15 is 0 Å². The fraction of sp³-hybridized carbons (Fsp3) is 0.625. The van der Waals surface area contributed by atoms with Crippen LogP contribution in [0.1, 0.15) is 25.0 Å². The molecule has 20 heavy (non-hydrogen) atoms. The lowest BCUT2D eigenvalue weighted by Gasteiger charge is -2.20. The molecule has 4 nitrogen and oxygen atoms in total. The van der Waals surface area contributed by atoms with Gasteiger partial charge in [0.2, 0.25) is 0 Å². The molecule has 0 amide bonds. The summed E-state index contributed by atoms with van der Waals surface area (Å²) in [5.41, 5.74) is 2.43. The lowest BCUT2D eigenvalue weighted by Crippen LogP contribution is -2.31. The van der Waals surface area contributed by atoms with Crippen LogP contribution < -0.4 is 4.74 Å². The van der Waals surface area contributed by atoms with Crippen LogP contribution in [-0.2, 0) is 17.7 Å². The molecule has 2 rings (SSSR count). The van der Waals surface area contributed by atoms with Gasteiger partial charge in [-0.3, -0.25) is 4.90 Å². The molecule has 1 aliphatic heterocycles. The topological polar surface area (TPSA) is 41.9 Å². The van der Waals surface area contributed by atoms with Gasteiger partial charge in [0.05, 0.1) is 12.7 Å². The number of hydrogen-bond acceptors (Lipinski definition) is 4. The number of ether oxygens (including phenoxy) is 2. The molecule has 1 unspecified atom stereocenters. The summed E-state index contributed by atoms with van der Waals surface area (Å²) in [6, 6.07) is 6.36. The average Bonchev–Trinajstić information content (AvgIpc) is 2.62. The van der Waals surface area contributed by atoms with E-state index in [9.17, 15) is 5.11 Å². The van der Waals surface area contributed by atoms with Crippen LogP contribution in [0.4, 0.5) is 0 Å². The number of nitrogens with zero attached hydrogens (tertiary/aromatic N) is 1. The number of rotatable bonds is 6. The predicted molar refractivity (Wildman–Crippen MR) is 79.1 cm³/mol. The molecule has 1 aromatic carbocycles. The van der Waals surface area contributed by atoms with Crippen molar-refractivity contribution in [1.82, 2.24) is 4.90 Å². The van der Waals surface area contributed by atoms with Gasteiger partial charge in [-0.1, -0.05) is 12.1 Å². The molecule has 1 N–H and O–H groups in total. The van der Waals surface area contributed by atoms with Gasteiger partial charge in [0.15, 0.2) is 0 Å². The third kappa shape index (κ3) is 3.95. The van der Waals surface area contributed by atoms with Crippen LogP contribution in [0.5, 0.6) is 5.75 Å². The number of aliphatic hydroxyl groups excluding tert-OH is 1. The van der Waals surface area contributed by atoms with Crippen LogP contribution in [0.15, 0.2) is 18.2 Å². The van der Waals surface area contributed by atoms with Gasteiger partial charge >= 0.3 is 0 Å². The van der Waals surface area contributed by atoms with Crippen molar-refractivity contribution >= 4 is 0 Å². The maximum atomic E-state index is 9.73. The van der Waals surface area contributed by atoms with Gasteiger partial charge in [-0.15, -0.1) is 0 Å². The first-order valence-corrected chi connectivity index (χ1v) is 7.06. The van der Waals surface area contributed by atoms with Gasteiger partial charge in [0.25, 0.3) is 0 Å². The number of benzene rings is 1. The fourth-order valence-electron chi connectivity index (χ4n) is 2.74. The van der Waals surface area contributed by atoms with Crippen molar-refractivity contribution in [2.24, 2.45) is 0 Å². The molecular weight excluding hydrogens is 254 g/mol. The SMILES string of the molecule is COCC(O)CN(C)Cc1ccc2c(c1)CC(C)(C)O2. The Balaban J connectivity index is 1.95. The molecule has 0 spiro atoms. The molecular formula is C16H25NO3. The summed E-state index contributed by atoms with van der Waals surface area (Å²) in [7, 11) is 3.61. The highest BCUT2D eigenvalue weighted by Gasteiger charge is 2.29. The van der Waals surface area contributed by atoms with Crippen LogP contribution in [0.2, 0.25) is 0 Å². The summed E-state index contributed by atoms with van der Waals surface area (Å²) in [5, 5.41) is 9.73. The average molecular weight is 279 g/mol. The van der Waals surface area contributed by atoms with Crippen LogP contribution in [0.25, 0.3) is 0 Å². The number of aliphatic hydroxyl groups is 1. The van der Waals surface area contributed by atoms with E-state index in [1.54, 1.807) is 7.11 Å². The minimum Gasteiger partial charge on any atom is -0.487 e. The Morgan fingerprint density at radius 1 is 1.45 bits per heavy atom. The highest BCUT2D eigenvalue weighted by Crippen LogP contribution is 2.35. The van der Waals surface area contributed by atoms with E-state index in [2.05, 4.69) is 36.9 Å². The molecule has 0 radical (unpaired) electrons. The van der Waals surface area contributed by atoms with Crippen molar-refractivity contribution in [1.29, 1.82) is 0 Å². The van der Waals surface area contributed by atoms with Crippen molar-refractivity contribution in [3.63, 3.8) is 0 Å². The molecule has 0 aliphatic carbocycles. The van der Waals surface area contributed by atoms with Gasteiger partial charge < -0.3 is 14.6 Å².